The molecule has 0 atom stereocenters. The number of fused-ring (bicyclic) bond motifs is 1. The van der Waals surface area contributed by atoms with Crippen molar-refractivity contribution < 1.29 is 10.2 Å². The van der Waals surface area contributed by atoms with Crippen molar-refractivity contribution in [3.05, 3.63) is 10.6 Å². The molecule has 2 aromatic rings. The summed E-state index contributed by atoms with van der Waals surface area (Å²) in [4.78, 5) is 21.1. The van der Waals surface area contributed by atoms with Gasteiger partial charge in [0.05, 0.1) is 13.2 Å². The second-order valence-electron chi connectivity index (χ2n) is 5.81. The Kier molecular flexibility index (Phi) is 6.06. The van der Waals surface area contributed by atoms with E-state index in [2.05, 4.69) is 24.8 Å². The summed E-state index contributed by atoms with van der Waals surface area (Å²) in [5, 5.41) is 18.8. The Balaban J connectivity index is 2.16. The van der Waals surface area contributed by atoms with Crippen LogP contribution in [-0.4, -0.2) is 69.5 Å². The second-order valence-corrected chi connectivity index (χ2v) is 6.49. The van der Waals surface area contributed by atoms with Gasteiger partial charge in [-0.25, -0.2) is 9.97 Å². The van der Waals surface area contributed by atoms with E-state index >= 15 is 0 Å². The monoisotopic (exact) mass is 386 g/mol. The van der Waals surface area contributed by atoms with E-state index in [1.165, 1.54) is 6.42 Å². The molecule has 2 aromatic heterocycles. The van der Waals surface area contributed by atoms with E-state index in [4.69, 9.17) is 23.2 Å². The van der Waals surface area contributed by atoms with Crippen molar-refractivity contribution in [2.75, 3.05) is 49.2 Å². The largest absolute Gasteiger partial charge is 0.395 e. The van der Waals surface area contributed by atoms with Crippen LogP contribution in [0.25, 0.3) is 11.0 Å². The van der Waals surface area contributed by atoms with E-state index in [1.54, 1.807) is 4.90 Å². The first-order valence-electron chi connectivity index (χ1n) is 8.26. The van der Waals surface area contributed by atoms with E-state index in [0.29, 0.717) is 22.7 Å². The van der Waals surface area contributed by atoms with E-state index < -0.39 is 0 Å². The highest BCUT2D eigenvalue weighted by molar-refractivity contribution is 6.30. The van der Waals surface area contributed by atoms with Crippen LogP contribution < -0.4 is 9.80 Å². The maximum absolute atomic E-state index is 9.31. The number of aromatic nitrogens is 4. The van der Waals surface area contributed by atoms with E-state index in [9.17, 15) is 10.2 Å². The first kappa shape index (κ1) is 18.3. The predicted molar refractivity (Wildman–Crippen MR) is 97.6 cm³/mol. The van der Waals surface area contributed by atoms with Crippen LogP contribution in [0.15, 0.2) is 0 Å². The van der Waals surface area contributed by atoms with Crippen LogP contribution in [0.3, 0.4) is 0 Å². The van der Waals surface area contributed by atoms with Crippen molar-refractivity contribution in [2.45, 2.75) is 19.3 Å². The molecule has 1 fully saturated rings. The summed E-state index contributed by atoms with van der Waals surface area (Å²) in [6.45, 7) is 2.11. The van der Waals surface area contributed by atoms with E-state index in [-0.39, 0.29) is 36.9 Å². The average molecular weight is 387 g/mol. The Morgan fingerprint density at radius 2 is 1.44 bits per heavy atom. The van der Waals surface area contributed by atoms with Crippen molar-refractivity contribution in [3.63, 3.8) is 0 Å². The van der Waals surface area contributed by atoms with Gasteiger partial charge in [0.15, 0.2) is 11.6 Å². The van der Waals surface area contributed by atoms with Crippen LogP contribution in [0.4, 0.5) is 11.6 Å². The highest BCUT2D eigenvalue weighted by Gasteiger charge is 2.22. The van der Waals surface area contributed by atoms with Gasteiger partial charge in [0.2, 0.25) is 10.6 Å². The molecule has 0 unspecified atom stereocenters. The predicted octanol–water partition coefficient (Wildman–Crippen LogP) is 1.51. The Labute approximate surface area is 155 Å². The zero-order chi connectivity index (χ0) is 17.8. The minimum Gasteiger partial charge on any atom is -0.395 e. The van der Waals surface area contributed by atoms with Crippen molar-refractivity contribution in [1.82, 2.24) is 19.9 Å². The maximum atomic E-state index is 9.31. The van der Waals surface area contributed by atoms with Gasteiger partial charge in [0, 0.05) is 26.2 Å². The number of aliphatic hydroxyl groups excluding tert-OH is 2. The SMILES string of the molecule is OCCN(CCO)c1nc(Cl)nc2c(N3CCCCC3)nc(Cl)nc12. The molecule has 1 aliphatic heterocycles. The van der Waals surface area contributed by atoms with Crippen LogP contribution in [0.5, 0.6) is 0 Å². The van der Waals surface area contributed by atoms with E-state index in [0.717, 1.165) is 25.9 Å². The molecule has 0 radical (unpaired) electrons. The lowest BCUT2D eigenvalue weighted by molar-refractivity contribution is 0.281. The molecule has 0 spiro atoms. The fourth-order valence-electron chi connectivity index (χ4n) is 3.04. The van der Waals surface area contributed by atoms with Gasteiger partial charge in [-0.2, -0.15) is 9.97 Å². The first-order valence-corrected chi connectivity index (χ1v) is 9.02. The quantitative estimate of drug-likeness (QED) is 0.720. The van der Waals surface area contributed by atoms with Gasteiger partial charge in [-0.15, -0.1) is 0 Å². The minimum atomic E-state index is -0.0963. The maximum Gasteiger partial charge on any atom is 0.225 e. The van der Waals surface area contributed by atoms with Crippen molar-refractivity contribution >= 4 is 45.9 Å². The molecule has 2 N–H and O–H groups in total. The highest BCUT2D eigenvalue weighted by atomic mass is 35.5. The number of anilines is 2. The normalized spacial score (nSPS) is 15.0. The van der Waals surface area contributed by atoms with Crippen LogP contribution in [0.2, 0.25) is 10.6 Å². The van der Waals surface area contributed by atoms with Gasteiger partial charge in [-0.3, -0.25) is 0 Å². The highest BCUT2D eigenvalue weighted by Crippen LogP contribution is 2.31. The minimum absolute atomic E-state index is 0.0626. The summed E-state index contributed by atoms with van der Waals surface area (Å²) in [7, 11) is 0. The molecule has 3 heterocycles. The molecule has 10 heteroatoms. The Bertz CT molecular complexity index is 736. The van der Waals surface area contributed by atoms with Crippen molar-refractivity contribution in [3.8, 4) is 0 Å². The molecule has 3 rings (SSSR count). The third-order valence-electron chi connectivity index (χ3n) is 4.15. The van der Waals surface area contributed by atoms with Gasteiger partial charge in [0.25, 0.3) is 0 Å². The first-order chi connectivity index (χ1) is 12.1. The lowest BCUT2D eigenvalue weighted by atomic mass is 10.1. The number of hydrogen-bond donors (Lipinski definition) is 2. The fraction of sp³-hybridized carbons (Fsp3) is 0.600. The van der Waals surface area contributed by atoms with Gasteiger partial charge < -0.3 is 20.0 Å². The number of halogens is 2. The lowest BCUT2D eigenvalue weighted by Crippen LogP contribution is -2.32. The van der Waals surface area contributed by atoms with Gasteiger partial charge >= 0.3 is 0 Å². The number of hydrogen-bond acceptors (Lipinski definition) is 8. The molecule has 0 saturated carbocycles. The standard InChI is InChI=1S/C15H20Cl2N6O2/c16-14-19-11-10(12(20-14)22-4-2-1-3-5-22)18-15(17)21-13(11)23(6-8-24)7-9-25/h24-25H,1-9H2. The number of aliphatic hydroxyl groups is 2. The Morgan fingerprint density at radius 3 is 2.08 bits per heavy atom. The zero-order valence-corrected chi connectivity index (χ0v) is 15.2. The Morgan fingerprint density at radius 1 is 0.840 bits per heavy atom. The average Bonchev–Trinajstić information content (AvgIpc) is 2.61. The Hall–Kier alpha value is -1.48. The molecule has 0 aliphatic carbocycles. The second kappa shape index (κ2) is 8.27. The molecule has 0 aromatic carbocycles. The third kappa shape index (κ3) is 4.03. The zero-order valence-electron chi connectivity index (χ0n) is 13.7. The summed E-state index contributed by atoms with van der Waals surface area (Å²) < 4.78 is 0. The van der Waals surface area contributed by atoms with Crippen LogP contribution in [0.1, 0.15) is 19.3 Å². The van der Waals surface area contributed by atoms with Crippen LogP contribution >= 0.6 is 23.2 Å². The summed E-state index contributed by atoms with van der Waals surface area (Å²) in [6.07, 6.45) is 3.35. The number of piperidine rings is 1. The summed E-state index contributed by atoms with van der Waals surface area (Å²) >= 11 is 12.3. The third-order valence-corrected chi connectivity index (χ3v) is 4.49. The molecule has 8 nitrogen and oxygen atoms in total. The van der Waals surface area contributed by atoms with Crippen molar-refractivity contribution in [1.29, 1.82) is 0 Å². The van der Waals surface area contributed by atoms with E-state index in [1.807, 2.05) is 0 Å². The number of rotatable bonds is 6. The van der Waals surface area contributed by atoms with Crippen LogP contribution in [-0.2, 0) is 0 Å². The molecule has 0 amide bonds. The smallest absolute Gasteiger partial charge is 0.225 e. The topological polar surface area (TPSA) is 98.5 Å². The fourth-order valence-corrected chi connectivity index (χ4v) is 3.37. The summed E-state index contributed by atoms with van der Waals surface area (Å²) in [6, 6.07) is 0. The summed E-state index contributed by atoms with van der Waals surface area (Å²) in [5.74, 6) is 1.08. The van der Waals surface area contributed by atoms with Crippen molar-refractivity contribution in [2.24, 2.45) is 0 Å². The van der Waals surface area contributed by atoms with Gasteiger partial charge in [-0.05, 0) is 42.5 Å². The molecule has 136 valence electrons. The molecule has 1 saturated heterocycles. The summed E-state index contributed by atoms with van der Waals surface area (Å²) in [5.41, 5.74) is 0.994. The lowest BCUT2D eigenvalue weighted by Gasteiger charge is -2.29. The van der Waals surface area contributed by atoms with Gasteiger partial charge in [-0.1, -0.05) is 0 Å². The van der Waals surface area contributed by atoms with Gasteiger partial charge in [0.1, 0.15) is 11.0 Å². The molecule has 1 aliphatic rings. The molecular formula is C15H20Cl2N6O2. The number of nitrogens with zero attached hydrogens (tertiary/aromatic N) is 6. The molecule has 25 heavy (non-hydrogen) atoms. The molecular weight excluding hydrogens is 367 g/mol. The molecule has 0 bridgehead atoms. The van der Waals surface area contributed by atoms with Crippen LogP contribution in [0, 0.1) is 0 Å².